The van der Waals surface area contributed by atoms with Crippen molar-refractivity contribution in [3.63, 3.8) is 0 Å². The minimum Gasteiger partial charge on any atom is -0.351 e. The summed E-state index contributed by atoms with van der Waals surface area (Å²) in [6.07, 6.45) is 0. The standard InChI is InChI=1S/C11H11F5N2O.ClH/c1-18(2)4-3-17-11(19)5-6(12)8(14)10(16)9(15)7(5)13;/h3-4H2,1-2H3,(H,17,19);1H. The molecule has 1 aromatic carbocycles. The van der Waals surface area contributed by atoms with Gasteiger partial charge in [0.05, 0.1) is 0 Å². The van der Waals surface area contributed by atoms with E-state index in [4.69, 9.17) is 0 Å². The van der Waals surface area contributed by atoms with Crippen LogP contribution in [0.2, 0.25) is 0 Å². The van der Waals surface area contributed by atoms with E-state index in [0.29, 0.717) is 6.54 Å². The van der Waals surface area contributed by atoms with Gasteiger partial charge >= 0.3 is 0 Å². The molecule has 1 aromatic rings. The fourth-order valence-corrected chi connectivity index (χ4v) is 1.29. The second-order valence-corrected chi connectivity index (χ2v) is 4.00. The highest BCUT2D eigenvalue weighted by Gasteiger charge is 2.29. The largest absolute Gasteiger partial charge is 0.351 e. The monoisotopic (exact) mass is 318 g/mol. The van der Waals surface area contributed by atoms with Crippen LogP contribution in [0.5, 0.6) is 0 Å². The molecule has 0 saturated carbocycles. The average Bonchev–Trinajstić information content (AvgIpc) is 2.34. The van der Waals surface area contributed by atoms with Gasteiger partial charge in [0.15, 0.2) is 23.3 Å². The van der Waals surface area contributed by atoms with Crippen LogP contribution in [0.4, 0.5) is 22.0 Å². The first kappa shape index (κ1) is 18.6. The first-order valence-electron chi connectivity index (χ1n) is 5.21. The van der Waals surface area contributed by atoms with Crippen LogP contribution < -0.4 is 5.32 Å². The maximum atomic E-state index is 13.2. The van der Waals surface area contributed by atoms with Gasteiger partial charge < -0.3 is 10.2 Å². The van der Waals surface area contributed by atoms with Gasteiger partial charge in [0, 0.05) is 13.1 Å². The molecule has 0 fully saturated rings. The van der Waals surface area contributed by atoms with Crippen molar-refractivity contribution in [2.24, 2.45) is 0 Å². The number of halogens is 6. The van der Waals surface area contributed by atoms with Crippen LogP contribution in [0.1, 0.15) is 10.4 Å². The molecule has 0 saturated heterocycles. The van der Waals surface area contributed by atoms with E-state index in [1.807, 2.05) is 0 Å². The van der Waals surface area contributed by atoms with Crippen molar-refractivity contribution in [2.45, 2.75) is 0 Å². The van der Waals surface area contributed by atoms with E-state index in [-0.39, 0.29) is 19.0 Å². The molecule has 0 aromatic heterocycles. The van der Waals surface area contributed by atoms with E-state index in [2.05, 4.69) is 5.32 Å². The van der Waals surface area contributed by atoms with Crippen LogP contribution in [-0.4, -0.2) is 38.0 Å². The highest BCUT2D eigenvalue weighted by Crippen LogP contribution is 2.22. The lowest BCUT2D eigenvalue weighted by molar-refractivity contribution is 0.0939. The number of hydrogen-bond donors (Lipinski definition) is 1. The lowest BCUT2D eigenvalue weighted by atomic mass is 10.1. The summed E-state index contributed by atoms with van der Waals surface area (Å²) >= 11 is 0. The fourth-order valence-electron chi connectivity index (χ4n) is 1.29. The summed E-state index contributed by atoms with van der Waals surface area (Å²) in [4.78, 5) is 13.1. The molecule has 20 heavy (non-hydrogen) atoms. The molecule has 3 nitrogen and oxygen atoms in total. The van der Waals surface area contributed by atoms with E-state index < -0.39 is 40.6 Å². The molecule has 0 aliphatic carbocycles. The predicted molar refractivity (Wildman–Crippen MR) is 64.4 cm³/mol. The minimum absolute atomic E-state index is 0. The Balaban J connectivity index is 0.00000361. The number of rotatable bonds is 4. The van der Waals surface area contributed by atoms with Crippen LogP contribution in [0.25, 0.3) is 0 Å². The van der Waals surface area contributed by atoms with E-state index in [9.17, 15) is 26.7 Å². The smallest absolute Gasteiger partial charge is 0.257 e. The van der Waals surface area contributed by atoms with Crippen molar-refractivity contribution in [3.05, 3.63) is 34.6 Å². The number of nitrogens with zero attached hydrogens (tertiary/aromatic N) is 1. The SMILES string of the molecule is CN(C)CCNC(=O)c1c(F)c(F)c(F)c(F)c1F.Cl. The second-order valence-electron chi connectivity index (χ2n) is 4.00. The van der Waals surface area contributed by atoms with Crippen LogP contribution >= 0.6 is 12.4 Å². The third-order valence-corrected chi connectivity index (χ3v) is 2.28. The van der Waals surface area contributed by atoms with Gasteiger partial charge in [-0.15, -0.1) is 12.4 Å². The summed E-state index contributed by atoms with van der Waals surface area (Å²) < 4.78 is 65.0. The number of carbonyl (C=O) groups is 1. The van der Waals surface area contributed by atoms with Gasteiger partial charge in [0.25, 0.3) is 5.91 Å². The fraction of sp³-hybridized carbons (Fsp3) is 0.364. The van der Waals surface area contributed by atoms with Gasteiger partial charge in [-0.3, -0.25) is 4.79 Å². The molecular weight excluding hydrogens is 307 g/mol. The third-order valence-electron chi connectivity index (χ3n) is 2.28. The molecule has 0 radical (unpaired) electrons. The summed E-state index contributed by atoms with van der Waals surface area (Å²) in [5.41, 5.74) is -1.48. The topological polar surface area (TPSA) is 32.3 Å². The lowest BCUT2D eigenvalue weighted by Gasteiger charge is -2.11. The van der Waals surface area contributed by atoms with Crippen molar-refractivity contribution in [3.8, 4) is 0 Å². The van der Waals surface area contributed by atoms with Gasteiger partial charge in [0.1, 0.15) is 5.56 Å². The Morgan fingerprint density at radius 3 is 1.75 bits per heavy atom. The normalized spacial score (nSPS) is 10.4. The molecule has 0 heterocycles. The van der Waals surface area contributed by atoms with Crippen molar-refractivity contribution < 1.29 is 26.7 Å². The van der Waals surface area contributed by atoms with Gasteiger partial charge in [-0.2, -0.15) is 0 Å². The molecule has 0 aliphatic rings. The van der Waals surface area contributed by atoms with Gasteiger partial charge in [-0.25, -0.2) is 22.0 Å². The molecule has 0 spiro atoms. The van der Waals surface area contributed by atoms with Gasteiger partial charge in [-0.1, -0.05) is 0 Å². The molecule has 0 aliphatic heterocycles. The summed E-state index contributed by atoms with van der Waals surface area (Å²) in [6, 6.07) is 0. The van der Waals surface area contributed by atoms with E-state index in [1.165, 1.54) is 0 Å². The Labute approximate surface area is 118 Å². The average molecular weight is 319 g/mol. The zero-order chi connectivity index (χ0) is 14.7. The zero-order valence-corrected chi connectivity index (χ0v) is 11.4. The van der Waals surface area contributed by atoms with Crippen molar-refractivity contribution in [1.29, 1.82) is 0 Å². The summed E-state index contributed by atoms with van der Waals surface area (Å²) in [7, 11) is 3.37. The maximum Gasteiger partial charge on any atom is 0.257 e. The zero-order valence-electron chi connectivity index (χ0n) is 10.6. The molecule has 0 bridgehead atoms. The Kier molecular flexibility index (Phi) is 6.87. The second kappa shape index (κ2) is 7.39. The third kappa shape index (κ3) is 3.80. The van der Waals surface area contributed by atoms with Crippen LogP contribution in [-0.2, 0) is 0 Å². The minimum atomic E-state index is -2.29. The molecular formula is C11H12ClF5N2O. The Hall–Kier alpha value is -1.41. The number of hydrogen-bond acceptors (Lipinski definition) is 2. The number of amides is 1. The molecule has 114 valence electrons. The Bertz CT molecular complexity index is 481. The van der Waals surface area contributed by atoms with E-state index in [1.54, 1.807) is 19.0 Å². The molecule has 1 N–H and O–H groups in total. The predicted octanol–water partition coefficient (Wildman–Crippen LogP) is 2.10. The number of benzene rings is 1. The Morgan fingerprint density at radius 1 is 0.950 bits per heavy atom. The summed E-state index contributed by atoms with van der Waals surface area (Å²) in [5.74, 6) is -12.2. The molecule has 1 amide bonds. The quantitative estimate of drug-likeness (QED) is 0.524. The van der Waals surface area contributed by atoms with Crippen LogP contribution in [0, 0.1) is 29.1 Å². The summed E-state index contributed by atoms with van der Waals surface area (Å²) in [6.45, 7) is 0.354. The van der Waals surface area contributed by atoms with E-state index in [0.717, 1.165) is 0 Å². The number of likely N-dealkylation sites (N-methyl/N-ethyl adjacent to an activating group) is 1. The van der Waals surface area contributed by atoms with Crippen molar-refractivity contribution in [2.75, 3.05) is 27.2 Å². The van der Waals surface area contributed by atoms with Crippen LogP contribution in [0.15, 0.2) is 0 Å². The first-order valence-corrected chi connectivity index (χ1v) is 5.21. The highest BCUT2D eigenvalue weighted by molar-refractivity contribution is 5.94. The maximum absolute atomic E-state index is 13.2. The summed E-state index contributed by atoms with van der Waals surface area (Å²) in [5, 5.41) is 2.07. The molecule has 1 rings (SSSR count). The van der Waals surface area contributed by atoms with Gasteiger partial charge in [0.2, 0.25) is 5.82 Å². The highest BCUT2D eigenvalue weighted by atomic mass is 35.5. The lowest BCUT2D eigenvalue weighted by Crippen LogP contribution is -2.33. The molecule has 9 heteroatoms. The number of carbonyl (C=O) groups excluding carboxylic acids is 1. The van der Waals surface area contributed by atoms with Crippen LogP contribution in [0.3, 0.4) is 0 Å². The van der Waals surface area contributed by atoms with E-state index >= 15 is 0 Å². The van der Waals surface area contributed by atoms with Crippen molar-refractivity contribution in [1.82, 2.24) is 10.2 Å². The van der Waals surface area contributed by atoms with Crippen molar-refractivity contribution >= 4 is 18.3 Å². The number of nitrogens with one attached hydrogen (secondary N) is 1. The Morgan fingerprint density at radius 2 is 1.35 bits per heavy atom. The molecule has 0 atom stereocenters. The van der Waals surface area contributed by atoms with Gasteiger partial charge in [-0.05, 0) is 14.1 Å². The first-order chi connectivity index (χ1) is 8.77. The molecule has 0 unspecified atom stereocenters.